The second-order valence-corrected chi connectivity index (χ2v) is 7.57. The maximum Gasteiger partial charge on any atom is 0.222 e. The summed E-state index contributed by atoms with van der Waals surface area (Å²) in [7, 11) is 0. The third-order valence-corrected chi connectivity index (χ3v) is 5.86. The lowest BCUT2D eigenvalue weighted by molar-refractivity contribution is -0.139. The van der Waals surface area contributed by atoms with Crippen molar-refractivity contribution in [2.45, 2.75) is 57.5 Å². The van der Waals surface area contributed by atoms with Crippen LogP contribution in [0.1, 0.15) is 57.4 Å². The quantitative estimate of drug-likeness (QED) is 0.702. The summed E-state index contributed by atoms with van der Waals surface area (Å²) >= 11 is 0. The fourth-order valence-corrected chi connectivity index (χ4v) is 4.23. The summed E-state index contributed by atoms with van der Waals surface area (Å²) in [6, 6.07) is 4.10. The highest BCUT2D eigenvalue weighted by Crippen LogP contribution is 2.36. The molecule has 1 aromatic rings. The lowest BCUT2D eigenvalue weighted by Gasteiger charge is -2.42. The Morgan fingerprint density at radius 2 is 1.96 bits per heavy atom. The first-order valence-corrected chi connectivity index (χ1v) is 10.3. The van der Waals surface area contributed by atoms with Gasteiger partial charge in [0.05, 0.1) is 5.60 Å². The maximum atomic E-state index is 12.0. The number of piperidine rings is 2. The van der Waals surface area contributed by atoms with Crippen LogP contribution < -0.4 is 0 Å². The Morgan fingerprint density at radius 1 is 1.19 bits per heavy atom. The van der Waals surface area contributed by atoms with Gasteiger partial charge < -0.3 is 14.5 Å². The average molecular weight is 360 g/mol. The Morgan fingerprint density at radius 3 is 2.62 bits per heavy atom. The molecule has 2 aliphatic heterocycles. The Labute approximate surface area is 157 Å². The van der Waals surface area contributed by atoms with Crippen molar-refractivity contribution in [2.75, 3.05) is 39.3 Å². The predicted octanol–water partition coefficient (Wildman–Crippen LogP) is 3.20. The van der Waals surface area contributed by atoms with E-state index in [4.69, 9.17) is 4.74 Å². The zero-order valence-corrected chi connectivity index (χ0v) is 16.2. The van der Waals surface area contributed by atoms with Crippen molar-refractivity contribution in [1.29, 1.82) is 0 Å². The number of rotatable bonds is 7. The topological polar surface area (TPSA) is 45.7 Å². The van der Waals surface area contributed by atoms with E-state index in [2.05, 4.69) is 16.0 Å². The normalized spacial score (nSPS) is 20.9. The van der Waals surface area contributed by atoms with Gasteiger partial charge >= 0.3 is 0 Å². The van der Waals surface area contributed by atoms with Crippen LogP contribution in [0.25, 0.3) is 0 Å². The lowest BCUT2D eigenvalue weighted by atomic mass is 9.84. The molecule has 0 unspecified atom stereocenters. The van der Waals surface area contributed by atoms with E-state index in [1.807, 2.05) is 30.3 Å². The number of aromatic nitrogens is 1. The summed E-state index contributed by atoms with van der Waals surface area (Å²) in [5.41, 5.74) is 0.863. The minimum atomic E-state index is -0.291. The second-order valence-electron chi connectivity index (χ2n) is 7.57. The standard InChI is InChI=1S/C21H33N3O2/c1-2-20(25)24-15-9-21(10-16-24,19-8-6-11-22-18-19)26-17-7-14-23-12-4-3-5-13-23/h6,8,11,18H,2-5,7,9-10,12-17H2,1H3. The van der Waals surface area contributed by atoms with E-state index >= 15 is 0 Å². The lowest BCUT2D eigenvalue weighted by Crippen LogP contribution is -2.46. The van der Waals surface area contributed by atoms with Gasteiger partial charge in [-0.1, -0.05) is 19.4 Å². The average Bonchev–Trinajstić information content (AvgIpc) is 2.72. The summed E-state index contributed by atoms with van der Waals surface area (Å²) in [5.74, 6) is 0.245. The molecule has 26 heavy (non-hydrogen) atoms. The van der Waals surface area contributed by atoms with Gasteiger partial charge in [-0.2, -0.15) is 0 Å². The number of carbonyl (C=O) groups is 1. The van der Waals surface area contributed by atoms with Crippen molar-refractivity contribution >= 4 is 5.91 Å². The summed E-state index contributed by atoms with van der Waals surface area (Å²) in [4.78, 5) is 20.9. The molecule has 144 valence electrons. The summed E-state index contributed by atoms with van der Waals surface area (Å²) in [5, 5.41) is 0. The molecule has 0 spiro atoms. The van der Waals surface area contributed by atoms with Gasteiger partial charge in [-0.25, -0.2) is 0 Å². The first-order valence-electron chi connectivity index (χ1n) is 10.3. The number of pyridine rings is 1. The van der Waals surface area contributed by atoms with E-state index < -0.39 is 0 Å². The van der Waals surface area contributed by atoms with Crippen molar-refractivity contribution in [2.24, 2.45) is 0 Å². The van der Waals surface area contributed by atoms with Crippen molar-refractivity contribution in [3.05, 3.63) is 30.1 Å². The largest absolute Gasteiger partial charge is 0.370 e. The molecule has 0 saturated carbocycles. The number of hydrogen-bond donors (Lipinski definition) is 0. The fourth-order valence-electron chi connectivity index (χ4n) is 4.23. The van der Waals surface area contributed by atoms with E-state index in [1.54, 1.807) is 0 Å². The highest BCUT2D eigenvalue weighted by Gasteiger charge is 2.38. The van der Waals surface area contributed by atoms with Crippen molar-refractivity contribution in [3.63, 3.8) is 0 Å². The number of nitrogens with zero attached hydrogens (tertiary/aromatic N) is 3. The molecule has 0 aromatic carbocycles. The molecule has 0 N–H and O–H groups in total. The van der Waals surface area contributed by atoms with Gasteiger partial charge in [-0.15, -0.1) is 0 Å². The molecule has 2 fully saturated rings. The molecule has 1 aromatic heterocycles. The van der Waals surface area contributed by atoms with Crippen LogP contribution in [0.15, 0.2) is 24.5 Å². The molecule has 0 bridgehead atoms. The fraction of sp³-hybridized carbons (Fsp3) is 0.714. The summed E-state index contributed by atoms with van der Waals surface area (Å²) in [6.07, 6.45) is 11.2. The van der Waals surface area contributed by atoms with Crippen LogP contribution in [-0.2, 0) is 15.1 Å². The van der Waals surface area contributed by atoms with Gasteiger partial charge in [0.25, 0.3) is 0 Å². The van der Waals surface area contributed by atoms with Crippen LogP contribution in [-0.4, -0.2) is 60.0 Å². The van der Waals surface area contributed by atoms with E-state index in [0.717, 1.165) is 51.1 Å². The van der Waals surface area contributed by atoms with E-state index in [0.29, 0.717) is 6.42 Å². The molecule has 5 heteroatoms. The van der Waals surface area contributed by atoms with Gasteiger partial charge in [0, 0.05) is 50.6 Å². The molecular formula is C21H33N3O2. The van der Waals surface area contributed by atoms with Crippen LogP contribution in [0.3, 0.4) is 0 Å². The highest BCUT2D eigenvalue weighted by atomic mass is 16.5. The Balaban J connectivity index is 1.57. The minimum absolute atomic E-state index is 0.245. The number of amides is 1. The smallest absolute Gasteiger partial charge is 0.222 e. The Kier molecular flexibility index (Phi) is 7.03. The molecular weight excluding hydrogens is 326 g/mol. The monoisotopic (exact) mass is 359 g/mol. The van der Waals surface area contributed by atoms with Crippen LogP contribution in [0.4, 0.5) is 0 Å². The molecule has 2 saturated heterocycles. The Bertz CT molecular complexity index is 550. The summed E-state index contributed by atoms with van der Waals surface area (Å²) in [6.45, 7) is 7.85. The third kappa shape index (κ3) is 4.83. The van der Waals surface area contributed by atoms with Crippen LogP contribution in [0.2, 0.25) is 0 Å². The first kappa shape index (κ1) is 19.3. The van der Waals surface area contributed by atoms with E-state index in [1.165, 1.54) is 32.4 Å². The minimum Gasteiger partial charge on any atom is -0.370 e. The molecule has 3 heterocycles. The highest BCUT2D eigenvalue weighted by molar-refractivity contribution is 5.75. The zero-order chi connectivity index (χ0) is 18.2. The molecule has 5 nitrogen and oxygen atoms in total. The van der Waals surface area contributed by atoms with E-state index in [9.17, 15) is 4.79 Å². The van der Waals surface area contributed by atoms with Gasteiger partial charge in [0.15, 0.2) is 0 Å². The number of carbonyl (C=O) groups excluding carboxylic acids is 1. The maximum absolute atomic E-state index is 12.0. The Hall–Kier alpha value is -1.46. The van der Waals surface area contributed by atoms with Crippen molar-refractivity contribution in [3.8, 4) is 0 Å². The summed E-state index contributed by atoms with van der Waals surface area (Å²) < 4.78 is 6.50. The molecule has 0 aliphatic carbocycles. The van der Waals surface area contributed by atoms with E-state index in [-0.39, 0.29) is 11.5 Å². The van der Waals surface area contributed by atoms with Crippen LogP contribution in [0.5, 0.6) is 0 Å². The second kappa shape index (κ2) is 9.47. The van der Waals surface area contributed by atoms with Gasteiger partial charge in [-0.3, -0.25) is 9.78 Å². The van der Waals surface area contributed by atoms with Crippen LogP contribution >= 0.6 is 0 Å². The molecule has 3 rings (SSSR count). The molecule has 1 amide bonds. The zero-order valence-electron chi connectivity index (χ0n) is 16.2. The van der Waals surface area contributed by atoms with Crippen LogP contribution in [0, 0.1) is 0 Å². The SMILES string of the molecule is CCC(=O)N1CCC(OCCCN2CCCCC2)(c2cccnc2)CC1. The molecule has 0 atom stereocenters. The number of ether oxygens (including phenoxy) is 1. The number of likely N-dealkylation sites (tertiary alicyclic amines) is 2. The molecule has 2 aliphatic rings. The molecule has 0 radical (unpaired) electrons. The van der Waals surface area contributed by atoms with Crippen molar-refractivity contribution in [1.82, 2.24) is 14.8 Å². The van der Waals surface area contributed by atoms with Gasteiger partial charge in [0.1, 0.15) is 0 Å². The van der Waals surface area contributed by atoms with Gasteiger partial charge in [-0.05, 0) is 51.3 Å². The third-order valence-electron chi connectivity index (χ3n) is 5.86. The van der Waals surface area contributed by atoms with Gasteiger partial charge in [0.2, 0.25) is 5.91 Å². The van der Waals surface area contributed by atoms with Crippen molar-refractivity contribution < 1.29 is 9.53 Å². The first-order chi connectivity index (χ1) is 12.7. The number of hydrogen-bond acceptors (Lipinski definition) is 4. The predicted molar refractivity (Wildman–Crippen MR) is 103 cm³/mol.